The second kappa shape index (κ2) is 8.93. The normalized spacial score (nSPS) is 12.6. The summed E-state index contributed by atoms with van der Waals surface area (Å²) < 4.78 is 27.8. The molecular weight excluding hydrogens is 411 g/mol. The van der Waals surface area contributed by atoms with Crippen LogP contribution in [-0.4, -0.2) is 25.5 Å². The molecule has 0 aromatic heterocycles. The van der Waals surface area contributed by atoms with Crippen LogP contribution in [0, 0.1) is 0 Å². The summed E-state index contributed by atoms with van der Waals surface area (Å²) >= 11 is 12.1. The summed E-state index contributed by atoms with van der Waals surface area (Å²) in [7, 11) is -3.94. The fraction of sp³-hybridized carbons (Fsp3) is 0.278. The number of aromatic hydroxyl groups is 1. The quantitative estimate of drug-likeness (QED) is 0.566. The van der Waals surface area contributed by atoms with Gasteiger partial charge >= 0.3 is 0 Å². The molecule has 0 fully saturated rings. The molecule has 2 aromatic rings. The number of carbonyl (C=O) groups is 1. The number of rotatable bonds is 7. The zero-order valence-electron chi connectivity index (χ0n) is 14.8. The number of carbonyl (C=O) groups excluding carboxylic acids is 1. The lowest BCUT2D eigenvalue weighted by Gasteiger charge is -2.16. The van der Waals surface area contributed by atoms with Crippen LogP contribution in [0.4, 0.5) is 5.69 Å². The molecular formula is C18H20Cl2N2O4S. The molecule has 146 valence electrons. The second-order valence-corrected chi connectivity index (χ2v) is 8.54. The molecule has 0 spiro atoms. The minimum atomic E-state index is -3.94. The largest absolute Gasteiger partial charge is 0.506 e. The van der Waals surface area contributed by atoms with Crippen LogP contribution < -0.4 is 10.0 Å². The molecule has 0 aliphatic carbocycles. The Morgan fingerprint density at radius 3 is 2.48 bits per heavy atom. The Hall–Kier alpha value is -1.80. The number of phenolic OH excluding ortho intramolecular Hbond substituents is 1. The molecule has 6 nitrogen and oxygen atoms in total. The van der Waals surface area contributed by atoms with Crippen molar-refractivity contribution in [2.24, 2.45) is 0 Å². The van der Waals surface area contributed by atoms with E-state index in [2.05, 4.69) is 10.0 Å². The van der Waals surface area contributed by atoms with Crippen molar-refractivity contribution in [3.8, 4) is 5.75 Å². The second-order valence-electron chi connectivity index (χ2n) is 6.04. The van der Waals surface area contributed by atoms with Crippen LogP contribution in [0.15, 0.2) is 41.3 Å². The van der Waals surface area contributed by atoms with Crippen LogP contribution in [-0.2, 0) is 10.0 Å². The van der Waals surface area contributed by atoms with Gasteiger partial charge in [0.05, 0.1) is 21.3 Å². The lowest BCUT2D eigenvalue weighted by Crippen LogP contribution is -2.32. The van der Waals surface area contributed by atoms with Gasteiger partial charge in [0.2, 0.25) is 10.0 Å². The highest BCUT2D eigenvalue weighted by molar-refractivity contribution is 7.89. The Bertz CT molecular complexity index is 948. The number of nitrogens with one attached hydrogen (secondary N) is 2. The number of sulfonamides is 1. The summed E-state index contributed by atoms with van der Waals surface area (Å²) in [5, 5.41) is 12.2. The molecule has 0 saturated heterocycles. The first-order valence-electron chi connectivity index (χ1n) is 8.26. The predicted octanol–water partition coefficient (Wildman–Crippen LogP) is 4.42. The summed E-state index contributed by atoms with van der Waals surface area (Å²) in [4.78, 5) is 12.3. The maximum absolute atomic E-state index is 12.6. The Balaban J connectivity index is 2.38. The Morgan fingerprint density at radius 1 is 1.19 bits per heavy atom. The third-order valence-corrected chi connectivity index (χ3v) is 6.15. The minimum absolute atomic E-state index is 0.00604. The van der Waals surface area contributed by atoms with E-state index in [1.165, 1.54) is 18.2 Å². The van der Waals surface area contributed by atoms with Crippen molar-refractivity contribution in [2.75, 3.05) is 5.32 Å². The lowest BCUT2D eigenvalue weighted by atomic mass is 10.2. The summed E-state index contributed by atoms with van der Waals surface area (Å²) in [5.41, 5.74) is 0.0976. The number of halogens is 2. The van der Waals surface area contributed by atoms with Crippen molar-refractivity contribution in [2.45, 2.75) is 37.6 Å². The Morgan fingerprint density at radius 2 is 1.85 bits per heavy atom. The maximum Gasteiger partial charge on any atom is 0.257 e. The topological polar surface area (TPSA) is 95.5 Å². The van der Waals surface area contributed by atoms with Gasteiger partial charge in [0.1, 0.15) is 10.6 Å². The lowest BCUT2D eigenvalue weighted by molar-refractivity contribution is 0.102. The van der Waals surface area contributed by atoms with E-state index in [0.29, 0.717) is 6.42 Å². The third-order valence-electron chi connectivity index (χ3n) is 3.79. The number of benzene rings is 2. The van der Waals surface area contributed by atoms with Crippen molar-refractivity contribution in [3.05, 3.63) is 52.0 Å². The number of hydrogen-bond donors (Lipinski definition) is 3. The number of amides is 1. The molecule has 2 rings (SSSR count). The molecule has 0 radical (unpaired) electrons. The van der Waals surface area contributed by atoms with Gasteiger partial charge in [-0.3, -0.25) is 4.79 Å². The number of phenols is 1. The fourth-order valence-electron chi connectivity index (χ4n) is 2.50. The summed E-state index contributed by atoms with van der Waals surface area (Å²) in [5.74, 6) is -0.796. The van der Waals surface area contributed by atoms with Crippen molar-refractivity contribution < 1.29 is 18.3 Å². The van der Waals surface area contributed by atoms with Crippen molar-refractivity contribution in [1.29, 1.82) is 0 Å². The monoisotopic (exact) mass is 430 g/mol. The fourth-order valence-corrected chi connectivity index (χ4v) is 4.64. The van der Waals surface area contributed by atoms with Gasteiger partial charge in [-0.05, 0) is 37.6 Å². The minimum Gasteiger partial charge on any atom is -0.506 e. The van der Waals surface area contributed by atoms with E-state index in [1.54, 1.807) is 19.1 Å². The SMILES string of the molecule is CCC[C@H](C)NS(=O)(=O)c1cc(C(=O)Nc2ccccc2O)c(Cl)cc1Cl. The number of para-hydroxylation sites is 2. The van der Waals surface area contributed by atoms with Crippen LogP contribution in [0.25, 0.3) is 0 Å². The van der Waals surface area contributed by atoms with Crippen LogP contribution in [0.1, 0.15) is 37.0 Å². The van der Waals surface area contributed by atoms with Gasteiger partial charge in [0, 0.05) is 6.04 Å². The highest BCUT2D eigenvalue weighted by atomic mass is 35.5. The Labute approximate surface area is 168 Å². The van der Waals surface area contributed by atoms with Crippen LogP contribution in [0.3, 0.4) is 0 Å². The third kappa shape index (κ3) is 5.35. The van der Waals surface area contributed by atoms with E-state index in [0.717, 1.165) is 12.5 Å². The van der Waals surface area contributed by atoms with Crippen molar-refractivity contribution >= 4 is 44.8 Å². The van der Waals surface area contributed by atoms with E-state index in [4.69, 9.17) is 23.2 Å². The molecule has 3 N–H and O–H groups in total. The molecule has 27 heavy (non-hydrogen) atoms. The molecule has 1 atom stereocenters. The number of hydrogen-bond acceptors (Lipinski definition) is 4. The molecule has 0 unspecified atom stereocenters. The van der Waals surface area contributed by atoms with E-state index in [9.17, 15) is 18.3 Å². The van der Waals surface area contributed by atoms with Gasteiger partial charge in [-0.15, -0.1) is 0 Å². The van der Waals surface area contributed by atoms with E-state index in [1.807, 2.05) is 6.92 Å². The molecule has 0 aliphatic heterocycles. The van der Waals surface area contributed by atoms with Gasteiger partial charge in [-0.1, -0.05) is 48.7 Å². The molecule has 2 aromatic carbocycles. The predicted molar refractivity (Wildman–Crippen MR) is 107 cm³/mol. The zero-order chi connectivity index (χ0) is 20.2. The van der Waals surface area contributed by atoms with Gasteiger partial charge < -0.3 is 10.4 Å². The average molecular weight is 431 g/mol. The summed E-state index contributed by atoms with van der Waals surface area (Å²) in [6, 6.07) is 8.20. The van der Waals surface area contributed by atoms with Crippen LogP contribution in [0.2, 0.25) is 10.0 Å². The summed E-state index contributed by atoms with van der Waals surface area (Å²) in [6.07, 6.45) is 1.47. The van der Waals surface area contributed by atoms with Gasteiger partial charge in [-0.2, -0.15) is 0 Å². The molecule has 1 amide bonds. The maximum atomic E-state index is 12.6. The molecule has 9 heteroatoms. The van der Waals surface area contributed by atoms with Crippen LogP contribution >= 0.6 is 23.2 Å². The van der Waals surface area contributed by atoms with Gasteiger partial charge in [-0.25, -0.2) is 13.1 Å². The highest BCUT2D eigenvalue weighted by Crippen LogP contribution is 2.30. The van der Waals surface area contributed by atoms with Crippen molar-refractivity contribution in [3.63, 3.8) is 0 Å². The first-order chi connectivity index (χ1) is 12.7. The van der Waals surface area contributed by atoms with E-state index >= 15 is 0 Å². The van der Waals surface area contributed by atoms with Gasteiger partial charge in [0.25, 0.3) is 5.91 Å². The first-order valence-corrected chi connectivity index (χ1v) is 10.5. The first kappa shape index (κ1) is 21.5. The highest BCUT2D eigenvalue weighted by Gasteiger charge is 2.24. The Kier molecular flexibility index (Phi) is 7.11. The molecule has 0 bridgehead atoms. The molecule has 0 saturated carbocycles. The van der Waals surface area contributed by atoms with E-state index in [-0.39, 0.29) is 38.0 Å². The average Bonchev–Trinajstić information content (AvgIpc) is 2.56. The zero-order valence-corrected chi connectivity index (χ0v) is 17.1. The smallest absolute Gasteiger partial charge is 0.257 e. The summed E-state index contributed by atoms with van der Waals surface area (Å²) in [6.45, 7) is 3.69. The van der Waals surface area contributed by atoms with E-state index < -0.39 is 15.9 Å². The molecule has 0 aliphatic rings. The molecule has 0 heterocycles. The van der Waals surface area contributed by atoms with Crippen molar-refractivity contribution in [1.82, 2.24) is 4.72 Å². The standard InChI is InChI=1S/C18H20Cl2N2O4S/c1-3-6-11(2)22-27(25,26)17-9-12(13(19)10-14(17)20)18(24)21-15-7-4-5-8-16(15)23/h4-5,7-11,22-23H,3,6H2,1-2H3,(H,21,24)/t11-/m0/s1. The number of anilines is 1. The van der Waals surface area contributed by atoms with Gasteiger partial charge in [0.15, 0.2) is 0 Å². The van der Waals surface area contributed by atoms with Crippen LogP contribution in [0.5, 0.6) is 5.75 Å².